The van der Waals surface area contributed by atoms with E-state index >= 15 is 0 Å². The molecule has 1 heterocycles. The van der Waals surface area contributed by atoms with Gasteiger partial charge in [-0.25, -0.2) is 0 Å². The van der Waals surface area contributed by atoms with Gasteiger partial charge < -0.3 is 15.0 Å². The lowest BCUT2D eigenvalue weighted by Crippen LogP contribution is -2.35. The molecule has 2 rings (SSSR count). The topological polar surface area (TPSA) is 41.6 Å². The van der Waals surface area contributed by atoms with Crippen LogP contribution in [0.15, 0.2) is 24.3 Å². The molecule has 0 atom stereocenters. The summed E-state index contributed by atoms with van der Waals surface area (Å²) >= 11 is 0. The van der Waals surface area contributed by atoms with E-state index < -0.39 is 0 Å². The Hall–Kier alpha value is -1.55. The van der Waals surface area contributed by atoms with E-state index in [1.165, 1.54) is 12.8 Å². The van der Waals surface area contributed by atoms with E-state index in [-0.39, 0.29) is 12.5 Å². The van der Waals surface area contributed by atoms with Gasteiger partial charge in [0.2, 0.25) is 0 Å². The van der Waals surface area contributed by atoms with Gasteiger partial charge in [0, 0.05) is 25.2 Å². The van der Waals surface area contributed by atoms with Gasteiger partial charge in [0.25, 0.3) is 5.91 Å². The van der Waals surface area contributed by atoms with Crippen LogP contribution in [-0.2, 0) is 11.3 Å². The average molecular weight is 290 g/mol. The van der Waals surface area contributed by atoms with Crippen LogP contribution in [0.1, 0.15) is 38.2 Å². The number of hydrogen-bond acceptors (Lipinski definition) is 3. The molecule has 0 radical (unpaired) electrons. The third kappa shape index (κ3) is 5.05. The maximum absolute atomic E-state index is 12.2. The van der Waals surface area contributed by atoms with E-state index in [9.17, 15) is 4.79 Å². The highest BCUT2D eigenvalue weighted by atomic mass is 16.5. The van der Waals surface area contributed by atoms with Crippen molar-refractivity contribution in [3.8, 4) is 5.75 Å². The van der Waals surface area contributed by atoms with Gasteiger partial charge in [-0.05, 0) is 25.5 Å². The molecule has 1 aliphatic rings. The monoisotopic (exact) mass is 290 g/mol. The lowest BCUT2D eigenvalue weighted by molar-refractivity contribution is -0.133. The summed E-state index contributed by atoms with van der Waals surface area (Å²) in [5, 5.41) is 3.29. The average Bonchev–Trinajstić information content (AvgIpc) is 2.80. The number of nitrogens with zero attached hydrogens (tertiary/aromatic N) is 1. The normalized spacial score (nSPS) is 15.6. The van der Waals surface area contributed by atoms with Crippen LogP contribution in [0.25, 0.3) is 0 Å². The highest BCUT2D eigenvalue weighted by Gasteiger charge is 2.16. The molecule has 0 aliphatic carbocycles. The zero-order valence-corrected chi connectivity index (χ0v) is 12.9. The molecule has 0 spiro atoms. The molecular formula is C17H26N2O2. The summed E-state index contributed by atoms with van der Waals surface area (Å²) in [6.45, 7) is 5.66. The van der Waals surface area contributed by atoms with E-state index in [2.05, 4.69) is 12.2 Å². The Morgan fingerprint density at radius 1 is 1.19 bits per heavy atom. The summed E-state index contributed by atoms with van der Waals surface area (Å²) in [4.78, 5) is 14.2. The molecule has 4 heteroatoms. The lowest BCUT2D eigenvalue weighted by atomic mass is 10.2. The van der Waals surface area contributed by atoms with Crippen LogP contribution in [0.2, 0.25) is 0 Å². The number of hydrogen-bond donors (Lipinski definition) is 1. The van der Waals surface area contributed by atoms with E-state index in [1.807, 2.05) is 29.2 Å². The first-order valence-corrected chi connectivity index (χ1v) is 8.00. The summed E-state index contributed by atoms with van der Waals surface area (Å²) in [5.41, 5.74) is 1.10. The SMILES string of the molecule is CCNCc1ccccc1OCC(=O)N1CCCCCC1. The van der Waals surface area contributed by atoms with Gasteiger partial charge in [-0.1, -0.05) is 38.0 Å². The van der Waals surface area contributed by atoms with E-state index in [0.717, 1.165) is 50.3 Å². The molecule has 1 fully saturated rings. The number of ether oxygens (including phenoxy) is 1. The summed E-state index contributed by atoms with van der Waals surface area (Å²) in [6.07, 6.45) is 4.69. The van der Waals surface area contributed by atoms with Crippen molar-refractivity contribution in [3.63, 3.8) is 0 Å². The zero-order valence-electron chi connectivity index (χ0n) is 12.9. The zero-order chi connectivity index (χ0) is 14.9. The number of nitrogens with one attached hydrogen (secondary N) is 1. The molecule has 4 nitrogen and oxygen atoms in total. The van der Waals surface area contributed by atoms with Crippen LogP contribution in [0.5, 0.6) is 5.75 Å². The molecule has 1 aromatic rings. The van der Waals surface area contributed by atoms with Gasteiger partial charge >= 0.3 is 0 Å². The largest absolute Gasteiger partial charge is 0.483 e. The number of carbonyl (C=O) groups is 1. The fraction of sp³-hybridized carbons (Fsp3) is 0.588. The number of likely N-dealkylation sites (tertiary alicyclic amines) is 1. The van der Waals surface area contributed by atoms with Crippen molar-refractivity contribution in [3.05, 3.63) is 29.8 Å². The van der Waals surface area contributed by atoms with E-state index in [4.69, 9.17) is 4.74 Å². The predicted molar refractivity (Wildman–Crippen MR) is 84.4 cm³/mol. The molecule has 1 aromatic carbocycles. The molecule has 1 amide bonds. The minimum absolute atomic E-state index is 0.107. The lowest BCUT2D eigenvalue weighted by Gasteiger charge is -2.20. The second-order valence-corrected chi connectivity index (χ2v) is 5.47. The van der Waals surface area contributed by atoms with Crippen LogP contribution >= 0.6 is 0 Å². The third-order valence-corrected chi connectivity index (χ3v) is 3.85. The predicted octanol–water partition coefficient (Wildman–Crippen LogP) is 2.58. The number of benzene rings is 1. The number of carbonyl (C=O) groups excluding carboxylic acids is 1. The third-order valence-electron chi connectivity index (χ3n) is 3.85. The van der Waals surface area contributed by atoms with Gasteiger partial charge in [-0.3, -0.25) is 4.79 Å². The molecule has 0 unspecified atom stereocenters. The minimum Gasteiger partial charge on any atom is -0.483 e. The first kappa shape index (κ1) is 15.8. The quantitative estimate of drug-likeness (QED) is 0.875. The molecule has 116 valence electrons. The Morgan fingerprint density at radius 2 is 1.90 bits per heavy atom. The van der Waals surface area contributed by atoms with E-state index in [0.29, 0.717) is 0 Å². The molecule has 0 aromatic heterocycles. The standard InChI is InChI=1S/C17H26N2O2/c1-2-18-13-15-9-5-6-10-16(15)21-14-17(20)19-11-7-3-4-8-12-19/h5-6,9-10,18H,2-4,7-8,11-14H2,1H3. The van der Waals surface area contributed by atoms with Gasteiger partial charge in [0.1, 0.15) is 5.75 Å². The van der Waals surface area contributed by atoms with Crippen LogP contribution in [-0.4, -0.2) is 37.0 Å². The van der Waals surface area contributed by atoms with Gasteiger partial charge in [0.05, 0.1) is 0 Å². The van der Waals surface area contributed by atoms with Crippen molar-refractivity contribution in [1.82, 2.24) is 10.2 Å². The molecule has 1 N–H and O–H groups in total. The smallest absolute Gasteiger partial charge is 0.260 e. The van der Waals surface area contributed by atoms with Crippen LogP contribution in [0.3, 0.4) is 0 Å². The van der Waals surface area contributed by atoms with Crippen molar-refractivity contribution in [2.24, 2.45) is 0 Å². The summed E-state index contributed by atoms with van der Waals surface area (Å²) in [7, 11) is 0. The minimum atomic E-state index is 0.107. The number of para-hydroxylation sites is 1. The maximum Gasteiger partial charge on any atom is 0.260 e. The summed E-state index contributed by atoms with van der Waals surface area (Å²) in [5.74, 6) is 0.914. The van der Waals surface area contributed by atoms with Crippen LogP contribution in [0.4, 0.5) is 0 Å². The number of rotatable bonds is 6. The molecular weight excluding hydrogens is 264 g/mol. The van der Waals surface area contributed by atoms with Crippen LogP contribution in [0, 0.1) is 0 Å². The van der Waals surface area contributed by atoms with Gasteiger partial charge in [0.15, 0.2) is 6.61 Å². The second-order valence-electron chi connectivity index (χ2n) is 5.47. The van der Waals surface area contributed by atoms with Crippen molar-refractivity contribution in [2.75, 3.05) is 26.2 Å². The van der Waals surface area contributed by atoms with Crippen molar-refractivity contribution < 1.29 is 9.53 Å². The van der Waals surface area contributed by atoms with Gasteiger partial charge in [-0.2, -0.15) is 0 Å². The highest BCUT2D eigenvalue weighted by Crippen LogP contribution is 2.18. The fourth-order valence-corrected chi connectivity index (χ4v) is 2.60. The molecule has 1 aliphatic heterocycles. The molecule has 1 saturated heterocycles. The Balaban J connectivity index is 1.88. The maximum atomic E-state index is 12.2. The number of amides is 1. The summed E-state index contributed by atoms with van der Waals surface area (Å²) in [6, 6.07) is 7.91. The summed E-state index contributed by atoms with van der Waals surface area (Å²) < 4.78 is 5.76. The Kier molecular flexibility index (Phi) is 6.54. The van der Waals surface area contributed by atoms with E-state index in [1.54, 1.807) is 0 Å². The van der Waals surface area contributed by atoms with Gasteiger partial charge in [-0.15, -0.1) is 0 Å². The Morgan fingerprint density at radius 3 is 2.62 bits per heavy atom. The first-order valence-electron chi connectivity index (χ1n) is 8.00. The highest BCUT2D eigenvalue weighted by molar-refractivity contribution is 5.77. The molecule has 0 saturated carbocycles. The Bertz CT molecular complexity index is 440. The fourth-order valence-electron chi connectivity index (χ4n) is 2.60. The Labute approximate surface area is 127 Å². The molecule has 0 bridgehead atoms. The second kappa shape index (κ2) is 8.67. The van der Waals surface area contributed by atoms with Crippen molar-refractivity contribution in [1.29, 1.82) is 0 Å². The first-order chi connectivity index (χ1) is 10.3. The van der Waals surface area contributed by atoms with Crippen molar-refractivity contribution >= 4 is 5.91 Å². The van der Waals surface area contributed by atoms with Crippen LogP contribution < -0.4 is 10.1 Å². The molecule has 21 heavy (non-hydrogen) atoms. The van der Waals surface area contributed by atoms with Crippen molar-refractivity contribution in [2.45, 2.75) is 39.2 Å².